The van der Waals surface area contributed by atoms with E-state index in [1.54, 1.807) is 30.3 Å². The van der Waals surface area contributed by atoms with Gasteiger partial charge in [0.05, 0.1) is 17.1 Å². The van der Waals surface area contributed by atoms with Gasteiger partial charge in [0.25, 0.3) is 0 Å². The molecule has 0 unspecified atom stereocenters. The number of carbonyl (C=O) groups excluding carboxylic acids is 1. The average molecular weight is 294 g/mol. The SMILES string of the molecule is CN(C(=O)Nc1ccccc1F)c1cc(Cl)ccc1N. The van der Waals surface area contributed by atoms with Gasteiger partial charge in [-0.1, -0.05) is 23.7 Å². The Labute approximate surface area is 120 Å². The molecule has 0 aromatic heterocycles. The summed E-state index contributed by atoms with van der Waals surface area (Å²) in [6, 6.07) is 10.2. The number of halogens is 2. The first-order valence-corrected chi connectivity index (χ1v) is 6.21. The summed E-state index contributed by atoms with van der Waals surface area (Å²) in [7, 11) is 1.53. The van der Waals surface area contributed by atoms with E-state index in [0.717, 1.165) is 0 Å². The summed E-state index contributed by atoms with van der Waals surface area (Å²) in [5.74, 6) is -0.506. The van der Waals surface area contributed by atoms with Crippen LogP contribution in [0, 0.1) is 5.82 Å². The first-order valence-electron chi connectivity index (χ1n) is 5.83. The van der Waals surface area contributed by atoms with Gasteiger partial charge in [-0.3, -0.25) is 4.90 Å². The molecule has 0 spiro atoms. The number of rotatable bonds is 2. The summed E-state index contributed by atoms with van der Waals surface area (Å²) >= 11 is 5.88. The van der Waals surface area contributed by atoms with Crippen LogP contribution in [0.5, 0.6) is 0 Å². The van der Waals surface area contributed by atoms with Crippen molar-refractivity contribution in [3.63, 3.8) is 0 Å². The Morgan fingerprint density at radius 1 is 1.30 bits per heavy atom. The van der Waals surface area contributed by atoms with Crippen molar-refractivity contribution in [1.29, 1.82) is 0 Å². The van der Waals surface area contributed by atoms with E-state index in [9.17, 15) is 9.18 Å². The number of urea groups is 1. The Kier molecular flexibility index (Phi) is 4.10. The zero-order valence-electron chi connectivity index (χ0n) is 10.7. The topological polar surface area (TPSA) is 58.4 Å². The molecule has 2 amide bonds. The highest BCUT2D eigenvalue weighted by molar-refractivity contribution is 6.31. The Balaban J connectivity index is 2.21. The van der Waals surface area contributed by atoms with E-state index in [-0.39, 0.29) is 5.69 Å². The molecule has 104 valence electrons. The third kappa shape index (κ3) is 3.00. The van der Waals surface area contributed by atoms with Crippen LogP contribution < -0.4 is 16.0 Å². The number of benzene rings is 2. The van der Waals surface area contributed by atoms with Crippen molar-refractivity contribution in [2.24, 2.45) is 0 Å². The zero-order chi connectivity index (χ0) is 14.7. The molecule has 0 heterocycles. The van der Waals surface area contributed by atoms with Gasteiger partial charge in [0.2, 0.25) is 0 Å². The molecule has 2 rings (SSSR count). The second kappa shape index (κ2) is 5.79. The molecular weight excluding hydrogens is 281 g/mol. The quantitative estimate of drug-likeness (QED) is 0.829. The third-order valence-corrected chi connectivity index (χ3v) is 3.01. The molecular formula is C14H13ClFN3O. The highest BCUT2D eigenvalue weighted by Gasteiger charge is 2.15. The van der Waals surface area contributed by atoms with E-state index in [4.69, 9.17) is 17.3 Å². The molecule has 3 N–H and O–H groups in total. The maximum absolute atomic E-state index is 13.5. The van der Waals surface area contributed by atoms with Crippen LogP contribution >= 0.6 is 11.6 Å². The van der Waals surface area contributed by atoms with Crippen LogP contribution in [0.25, 0.3) is 0 Å². The predicted octanol–water partition coefficient (Wildman–Crippen LogP) is 3.73. The van der Waals surface area contributed by atoms with E-state index in [1.165, 1.54) is 24.1 Å². The number of hydrogen-bond donors (Lipinski definition) is 2. The lowest BCUT2D eigenvalue weighted by atomic mass is 10.2. The minimum atomic E-state index is -0.510. The van der Waals surface area contributed by atoms with Crippen LogP contribution in [0.3, 0.4) is 0 Å². The van der Waals surface area contributed by atoms with Gasteiger partial charge >= 0.3 is 6.03 Å². The summed E-state index contributed by atoms with van der Waals surface area (Å²) in [6.45, 7) is 0. The second-order valence-electron chi connectivity index (χ2n) is 4.17. The lowest BCUT2D eigenvalue weighted by Gasteiger charge is -2.20. The number of nitrogens with one attached hydrogen (secondary N) is 1. The summed E-state index contributed by atoms with van der Waals surface area (Å²) in [5, 5.41) is 2.93. The number of carbonyl (C=O) groups is 1. The highest BCUT2D eigenvalue weighted by atomic mass is 35.5. The number of anilines is 3. The van der Waals surface area contributed by atoms with Gasteiger partial charge in [-0.2, -0.15) is 0 Å². The molecule has 0 atom stereocenters. The van der Waals surface area contributed by atoms with Crippen molar-refractivity contribution in [3.05, 3.63) is 53.3 Å². The van der Waals surface area contributed by atoms with E-state index in [2.05, 4.69) is 5.32 Å². The molecule has 0 fully saturated rings. The molecule has 0 aliphatic carbocycles. The fraction of sp³-hybridized carbons (Fsp3) is 0.0714. The van der Waals surface area contributed by atoms with Gasteiger partial charge in [-0.15, -0.1) is 0 Å². The summed E-state index contributed by atoms with van der Waals surface area (Å²) in [6.07, 6.45) is 0. The number of hydrogen-bond acceptors (Lipinski definition) is 2. The van der Waals surface area contributed by atoms with Crippen molar-refractivity contribution in [3.8, 4) is 0 Å². The summed E-state index contributed by atoms with van der Waals surface area (Å²) < 4.78 is 13.5. The molecule has 0 aliphatic rings. The molecule has 2 aromatic rings. The van der Waals surface area contributed by atoms with E-state index >= 15 is 0 Å². The van der Waals surface area contributed by atoms with Crippen molar-refractivity contribution < 1.29 is 9.18 Å². The fourth-order valence-electron chi connectivity index (χ4n) is 1.68. The van der Waals surface area contributed by atoms with Crippen LogP contribution in [-0.2, 0) is 0 Å². The molecule has 0 saturated heterocycles. The van der Waals surface area contributed by atoms with E-state index in [1.807, 2.05) is 0 Å². The van der Waals surface area contributed by atoms with Gasteiger partial charge < -0.3 is 11.1 Å². The van der Waals surface area contributed by atoms with Crippen LogP contribution in [0.4, 0.5) is 26.2 Å². The number of nitrogen functional groups attached to an aromatic ring is 1. The first kappa shape index (κ1) is 14.1. The number of nitrogens with two attached hydrogens (primary N) is 1. The van der Waals surface area contributed by atoms with E-state index < -0.39 is 11.8 Å². The molecule has 0 bridgehead atoms. The summed E-state index contributed by atoms with van der Waals surface area (Å²) in [5.41, 5.74) is 6.75. The molecule has 0 radical (unpaired) electrons. The molecule has 2 aromatic carbocycles. The smallest absolute Gasteiger partial charge is 0.326 e. The zero-order valence-corrected chi connectivity index (χ0v) is 11.5. The minimum absolute atomic E-state index is 0.102. The average Bonchev–Trinajstić information content (AvgIpc) is 2.43. The number of nitrogens with zero attached hydrogens (tertiary/aromatic N) is 1. The monoisotopic (exact) mass is 293 g/mol. The molecule has 20 heavy (non-hydrogen) atoms. The maximum Gasteiger partial charge on any atom is 0.326 e. The molecule has 0 saturated carbocycles. The lowest BCUT2D eigenvalue weighted by molar-refractivity contribution is 0.258. The normalized spacial score (nSPS) is 10.2. The lowest BCUT2D eigenvalue weighted by Crippen LogP contribution is -2.32. The molecule has 6 heteroatoms. The van der Waals surface area contributed by atoms with Crippen LogP contribution in [0.15, 0.2) is 42.5 Å². The minimum Gasteiger partial charge on any atom is -0.397 e. The molecule has 4 nitrogen and oxygen atoms in total. The Hall–Kier alpha value is -2.27. The first-order chi connectivity index (χ1) is 9.49. The Morgan fingerprint density at radius 2 is 2.00 bits per heavy atom. The van der Waals surface area contributed by atoms with Gasteiger partial charge in [-0.25, -0.2) is 9.18 Å². The summed E-state index contributed by atoms with van der Waals surface area (Å²) in [4.78, 5) is 13.3. The van der Waals surface area contributed by atoms with Gasteiger partial charge in [-0.05, 0) is 30.3 Å². The number of amides is 2. The Morgan fingerprint density at radius 3 is 2.70 bits per heavy atom. The van der Waals surface area contributed by atoms with Gasteiger partial charge in [0.1, 0.15) is 5.82 Å². The fourth-order valence-corrected chi connectivity index (χ4v) is 1.84. The van der Waals surface area contributed by atoms with Gasteiger partial charge in [0, 0.05) is 12.1 Å². The van der Waals surface area contributed by atoms with E-state index in [0.29, 0.717) is 16.4 Å². The molecule has 0 aliphatic heterocycles. The van der Waals surface area contributed by atoms with Crippen molar-refractivity contribution in [2.75, 3.05) is 23.0 Å². The number of para-hydroxylation sites is 1. The highest BCUT2D eigenvalue weighted by Crippen LogP contribution is 2.26. The van der Waals surface area contributed by atoms with Crippen molar-refractivity contribution in [2.45, 2.75) is 0 Å². The van der Waals surface area contributed by atoms with Crippen LogP contribution in [-0.4, -0.2) is 13.1 Å². The maximum atomic E-state index is 13.5. The van der Waals surface area contributed by atoms with Gasteiger partial charge in [0.15, 0.2) is 0 Å². The van der Waals surface area contributed by atoms with Crippen molar-refractivity contribution in [1.82, 2.24) is 0 Å². The third-order valence-electron chi connectivity index (χ3n) is 2.77. The predicted molar refractivity (Wildman–Crippen MR) is 79.7 cm³/mol. The van der Waals surface area contributed by atoms with Crippen LogP contribution in [0.2, 0.25) is 5.02 Å². The standard InChI is InChI=1S/C14H13ClFN3O/c1-19(13-8-9(15)6-7-11(13)17)14(20)18-12-5-3-2-4-10(12)16/h2-8H,17H2,1H3,(H,18,20). The van der Waals surface area contributed by atoms with Crippen LogP contribution in [0.1, 0.15) is 0 Å². The Bertz CT molecular complexity index is 648. The van der Waals surface area contributed by atoms with Crippen molar-refractivity contribution >= 4 is 34.7 Å². The second-order valence-corrected chi connectivity index (χ2v) is 4.61. The largest absolute Gasteiger partial charge is 0.397 e.